The van der Waals surface area contributed by atoms with Gasteiger partial charge >= 0.3 is 0 Å². The summed E-state index contributed by atoms with van der Waals surface area (Å²) in [5.41, 5.74) is 1.85. The number of rotatable bonds is 16. The Morgan fingerprint density at radius 2 is 1.43 bits per heavy atom. The highest BCUT2D eigenvalue weighted by molar-refractivity contribution is 7.92. The van der Waals surface area contributed by atoms with Crippen molar-refractivity contribution < 1.29 is 27.1 Å². The molecular weight excluding hydrogens is 605 g/mol. The Labute approximate surface area is 270 Å². The highest BCUT2D eigenvalue weighted by atomic mass is 32.2. The predicted molar refractivity (Wildman–Crippen MR) is 177 cm³/mol. The van der Waals surface area contributed by atoms with Crippen molar-refractivity contribution in [2.24, 2.45) is 0 Å². The molecule has 4 aromatic carbocycles. The number of hydrogen-bond donors (Lipinski definition) is 1. The van der Waals surface area contributed by atoms with Gasteiger partial charge in [0.2, 0.25) is 11.8 Å². The molecule has 1 atom stereocenters. The van der Waals surface area contributed by atoms with Crippen LogP contribution in [0.25, 0.3) is 0 Å². The van der Waals surface area contributed by atoms with E-state index in [0.717, 1.165) is 52.5 Å². The minimum absolute atomic E-state index is 0.0755. The summed E-state index contributed by atoms with van der Waals surface area (Å²) in [5, 5.41) is 2.98. The van der Waals surface area contributed by atoms with Gasteiger partial charge in [0.25, 0.3) is 10.0 Å². The Hall–Kier alpha value is -4.70. The zero-order chi connectivity index (χ0) is 32.9. The van der Waals surface area contributed by atoms with E-state index in [1.165, 1.54) is 4.90 Å². The van der Waals surface area contributed by atoms with E-state index in [4.69, 9.17) is 4.74 Å². The molecule has 0 saturated heterocycles. The van der Waals surface area contributed by atoms with E-state index < -0.39 is 34.3 Å². The summed E-state index contributed by atoms with van der Waals surface area (Å²) in [6, 6.07) is 28.5. The zero-order valence-electron chi connectivity index (χ0n) is 26.1. The lowest BCUT2D eigenvalue weighted by Gasteiger charge is -2.34. The van der Waals surface area contributed by atoms with Crippen LogP contribution in [0.1, 0.15) is 37.8 Å². The summed E-state index contributed by atoms with van der Waals surface area (Å²) >= 11 is 0. The number of nitrogens with zero attached hydrogens (tertiary/aromatic N) is 2. The van der Waals surface area contributed by atoms with Crippen LogP contribution in [0, 0.1) is 5.82 Å². The highest BCUT2D eigenvalue weighted by Crippen LogP contribution is 2.27. The molecule has 0 spiro atoms. The van der Waals surface area contributed by atoms with E-state index in [0.29, 0.717) is 18.9 Å². The molecule has 0 aliphatic rings. The summed E-state index contributed by atoms with van der Waals surface area (Å²) in [7, 11) is -4.34. The van der Waals surface area contributed by atoms with Gasteiger partial charge in [-0.3, -0.25) is 13.9 Å². The third-order valence-corrected chi connectivity index (χ3v) is 9.20. The molecule has 0 saturated carbocycles. The van der Waals surface area contributed by atoms with Crippen molar-refractivity contribution in [3.05, 3.63) is 126 Å². The molecule has 10 heteroatoms. The maximum Gasteiger partial charge on any atom is 0.264 e. The fraction of sp³-hybridized carbons (Fsp3) is 0.278. The van der Waals surface area contributed by atoms with E-state index >= 15 is 0 Å². The molecule has 1 N–H and O–H groups in total. The number of hydrogen-bond acceptors (Lipinski definition) is 5. The summed E-state index contributed by atoms with van der Waals surface area (Å²) in [6.45, 7) is 4.21. The van der Waals surface area contributed by atoms with Crippen LogP contribution in [-0.2, 0) is 32.6 Å². The molecule has 242 valence electrons. The number of halogens is 1. The number of sulfonamides is 1. The van der Waals surface area contributed by atoms with Gasteiger partial charge in [-0.1, -0.05) is 74.0 Å². The van der Waals surface area contributed by atoms with Gasteiger partial charge in [0, 0.05) is 19.5 Å². The molecule has 8 nitrogen and oxygen atoms in total. The Balaban J connectivity index is 1.77. The normalized spacial score (nSPS) is 11.8. The van der Waals surface area contributed by atoms with Gasteiger partial charge in [0.1, 0.15) is 24.2 Å². The molecule has 0 heterocycles. The zero-order valence-corrected chi connectivity index (χ0v) is 27.0. The molecule has 0 aromatic heterocycles. The van der Waals surface area contributed by atoms with Gasteiger partial charge in [-0.15, -0.1) is 0 Å². The van der Waals surface area contributed by atoms with Crippen molar-refractivity contribution in [3.8, 4) is 5.75 Å². The molecule has 46 heavy (non-hydrogen) atoms. The smallest absolute Gasteiger partial charge is 0.264 e. The van der Waals surface area contributed by atoms with Crippen LogP contribution in [0.5, 0.6) is 5.75 Å². The Kier molecular flexibility index (Phi) is 12.3. The second kappa shape index (κ2) is 16.6. The Bertz CT molecular complexity index is 1650. The van der Waals surface area contributed by atoms with Crippen molar-refractivity contribution in [1.29, 1.82) is 0 Å². The quantitative estimate of drug-likeness (QED) is 0.151. The number of carbonyl (C=O) groups excluding carboxylic acids is 2. The monoisotopic (exact) mass is 645 g/mol. The van der Waals surface area contributed by atoms with Crippen molar-refractivity contribution >= 4 is 27.5 Å². The van der Waals surface area contributed by atoms with Crippen LogP contribution < -0.4 is 14.4 Å². The van der Waals surface area contributed by atoms with Crippen molar-refractivity contribution in [3.63, 3.8) is 0 Å². The molecule has 0 aliphatic heterocycles. The lowest BCUT2D eigenvalue weighted by atomic mass is 10.0. The number of anilines is 1. The fourth-order valence-electron chi connectivity index (χ4n) is 4.98. The summed E-state index contributed by atoms with van der Waals surface area (Å²) in [5.74, 6) is -0.950. The number of carbonyl (C=O) groups is 2. The molecule has 1 unspecified atom stereocenters. The van der Waals surface area contributed by atoms with E-state index in [-0.39, 0.29) is 29.5 Å². The number of amides is 2. The number of benzene rings is 4. The van der Waals surface area contributed by atoms with E-state index in [1.54, 1.807) is 24.3 Å². The SMILES string of the molecule is CCCCNC(=O)C(Cc1ccccc1)N(Cc1ccccc1)C(=O)CN(c1ccc(OCC)cc1)S(=O)(=O)c1ccc(F)cc1. The predicted octanol–water partition coefficient (Wildman–Crippen LogP) is 5.98. The maximum atomic E-state index is 14.5. The Morgan fingerprint density at radius 1 is 0.826 bits per heavy atom. The van der Waals surface area contributed by atoms with Crippen LogP contribution in [0.15, 0.2) is 114 Å². The maximum absolute atomic E-state index is 14.5. The topological polar surface area (TPSA) is 96.0 Å². The standard InChI is InChI=1S/C36H40FN3O5S/c1-3-5-24-38-36(42)34(25-28-12-8-6-9-13-28)39(26-29-14-10-7-11-15-29)35(41)27-40(31-18-20-32(21-19-31)45-4-2)46(43,44)33-22-16-30(37)17-23-33/h6-23,34H,3-5,24-27H2,1-2H3,(H,38,42). The highest BCUT2D eigenvalue weighted by Gasteiger charge is 2.34. The minimum atomic E-state index is -4.34. The first-order valence-electron chi connectivity index (χ1n) is 15.4. The molecule has 0 bridgehead atoms. The summed E-state index contributed by atoms with van der Waals surface area (Å²) in [6.07, 6.45) is 1.89. The first-order valence-corrected chi connectivity index (χ1v) is 16.8. The first-order chi connectivity index (χ1) is 22.2. The second-order valence-electron chi connectivity index (χ2n) is 10.7. The average Bonchev–Trinajstić information content (AvgIpc) is 3.07. The molecule has 0 radical (unpaired) electrons. The largest absolute Gasteiger partial charge is 0.494 e. The minimum Gasteiger partial charge on any atom is -0.494 e. The average molecular weight is 646 g/mol. The van der Waals surface area contributed by atoms with Crippen LogP contribution >= 0.6 is 0 Å². The van der Waals surface area contributed by atoms with Gasteiger partial charge in [0.15, 0.2) is 0 Å². The molecule has 2 amide bonds. The molecular formula is C36H40FN3O5S. The van der Waals surface area contributed by atoms with E-state index in [9.17, 15) is 22.4 Å². The van der Waals surface area contributed by atoms with Gasteiger partial charge in [-0.2, -0.15) is 0 Å². The van der Waals surface area contributed by atoms with Crippen molar-refractivity contribution in [2.75, 3.05) is 24.0 Å². The number of nitrogens with one attached hydrogen (secondary N) is 1. The van der Waals surface area contributed by atoms with Crippen LogP contribution in [-0.4, -0.2) is 50.9 Å². The molecule has 4 rings (SSSR count). The fourth-order valence-corrected chi connectivity index (χ4v) is 6.39. The van der Waals surface area contributed by atoms with Gasteiger partial charge in [-0.25, -0.2) is 12.8 Å². The third-order valence-electron chi connectivity index (χ3n) is 7.41. The second-order valence-corrected chi connectivity index (χ2v) is 12.6. The lowest BCUT2D eigenvalue weighted by Crippen LogP contribution is -2.53. The van der Waals surface area contributed by atoms with Gasteiger partial charge in [-0.05, 0) is 73.0 Å². The van der Waals surface area contributed by atoms with Gasteiger partial charge < -0.3 is 15.0 Å². The lowest BCUT2D eigenvalue weighted by molar-refractivity contribution is -0.140. The van der Waals surface area contributed by atoms with E-state index in [1.807, 2.05) is 74.5 Å². The van der Waals surface area contributed by atoms with Crippen LogP contribution in [0.3, 0.4) is 0 Å². The number of unbranched alkanes of at least 4 members (excludes halogenated alkanes) is 1. The van der Waals surface area contributed by atoms with Crippen LogP contribution in [0.2, 0.25) is 0 Å². The molecule has 0 aliphatic carbocycles. The van der Waals surface area contributed by atoms with Crippen LogP contribution in [0.4, 0.5) is 10.1 Å². The molecule has 0 fully saturated rings. The van der Waals surface area contributed by atoms with Crippen molar-refractivity contribution in [2.45, 2.75) is 50.6 Å². The first kappa shape index (κ1) is 34.2. The summed E-state index contributed by atoms with van der Waals surface area (Å²) < 4.78 is 48.4. The number of ether oxygens (including phenoxy) is 1. The van der Waals surface area contributed by atoms with E-state index in [2.05, 4.69) is 5.32 Å². The Morgan fingerprint density at radius 3 is 2.02 bits per heavy atom. The summed E-state index contributed by atoms with van der Waals surface area (Å²) in [4.78, 5) is 29.5. The van der Waals surface area contributed by atoms with Gasteiger partial charge in [0.05, 0.1) is 17.2 Å². The molecule has 4 aromatic rings. The van der Waals surface area contributed by atoms with Crippen molar-refractivity contribution in [1.82, 2.24) is 10.2 Å². The third kappa shape index (κ3) is 9.17.